The molecule has 7 heteroatoms. The first kappa shape index (κ1) is 5.18. The van der Waals surface area contributed by atoms with Gasteiger partial charge in [-0.05, 0) is 0 Å². The van der Waals surface area contributed by atoms with Gasteiger partial charge in [-0.1, -0.05) is 0 Å². The van der Waals surface area contributed by atoms with Crippen LogP contribution < -0.4 is 15.4 Å². The van der Waals surface area contributed by atoms with E-state index in [9.17, 15) is 0 Å². The van der Waals surface area contributed by atoms with Crippen molar-refractivity contribution in [3.8, 4) is 0 Å². The van der Waals surface area contributed by atoms with E-state index in [1.54, 1.807) is 15.1 Å². The van der Waals surface area contributed by atoms with Gasteiger partial charge in [0, 0.05) is 0 Å². The van der Waals surface area contributed by atoms with Gasteiger partial charge in [0.25, 0.3) is 15.1 Å². The lowest BCUT2D eigenvalue weighted by Gasteiger charge is -2.13. The molecule has 7 heavy (non-hydrogen) atoms. The maximum absolute atomic E-state index is 8.58. The average Bonchev–Trinajstić information content (AvgIpc) is 1.69. The van der Waals surface area contributed by atoms with Crippen LogP contribution in [0.4, 0.5) is 0 Å². The quantitative estimate of drug-likeness (QED) is 0.239. The standard InChI is InChI=1S/B3H4N3O/c7-3-5-1-4-2-6-3/h4-7H. The predicted octanol–water partition coefficient (Wildman–Crippen LogP) is -3.19. The van der Waals surface area contributed by atoms with Gasteiger partial charge in [0.05, 0.1) is 0 Å². The highest BCUT2D eigenvalue weighted by Crippen LogP contribution is 1.59. The highest BCUT2D eigenvalue weighted by molar-refractivity contribution is 6.71. The van der Waals surface area contributed by atoms with Gasteiger partial charge in [-0.2, -0.15) is 0 Å². The van der Waals surface area contributed by atoms with E-state index < -0.39 is 7.19 Å². The van der Waals surface area contributed by atoms with E-state index in [-0.39, 0.29) is 0 Å². The topological polar surface area (TPSA) is 56.3 Å². The highest BCUT2D eigenvalue weighted by atomic mass is 16.2. The molecule has 2 radical (unpaired) electrons. The van der Waals surface area contributed by atoms with Crippen LogP contribution in [0.3, 0.4) is 0 Å². The second-order valence-corrected chi connectivity index (χ2v) is 1.19. The first-order valence-electron chi connectivity index (χ1n) is 1.99. The monoisotopic (exact) mass is 95.1 g/mol. The van der Waals surface area contributed by atoms with Crippen molar-refractivity contribution in [1.29, 1.82) is 0 Å². The van der Waals surface area contributed by atoms with Crippen molar-refractivity contribution in [1.82, 2.24) is 15.4 Å². The van der Waals surface area contributed by atoms with Gasteiger partial charge in [-0.15, -0.1) is 0 Å². The van der Waals surface area contributed by atoms with Crippen LogP contribution in [0.25, 0.3) is 0 Å². The summed E-state index contributed by atoms with van der Waals surface area (Å²) in [7, 11) is 2.45. The van der Waals surface area contributed by atoms with Crippen molar-refractivity contribution in [2.75, 3.05) is 0 Å². The third kappa shape index (κ3) is 1.52. The minimum Gasteiger partial charge on any atom is -0.425 e. The average molecular weight is 94.5 g/mol. The van der Waals surface area contributed by atoms with Crippen molar-refractivity contribution in [2.24, 2.45) is 0 Å². The van der Waals surface area contributed by atoms with Crippen molar-refractivity contribution in [2.45, 2.75) is 0 Å². The Kier molecular flexibility index (Phi) is 1.75. The van der Waals surface area contributed by atoms with E-state index in [2.05, 4.69) is 15.4 Å². The maximum atomic E-state index is 8.58. The van der Waals surface area contributed by atoms with Gasteiger partial charge in [0.15, 0.2) is 0 Å². The fourth-order valence-corrected chi connectivity index (χ4v) is 0.344. The van der Waals surface area contributed by atoms with Crippen LogP contribution in [0.5, 0.6) is 0 Å². The van der Waals surface area contributed by atoms with E-state index in [4.69, 9.17) is 5.02 Å². The lowest BCUT2D eigenvalue weighted by molar-refractivity contribution is 0.557. The smallest absolute Gasteiger partial charge is 0.425 e. The Labute approximate surface area is 43.8 Å². The molecule has 0 aliphatic carbocycles. The summed E-state index contributed by atoms with van der Waals surface area (Å²) in [6.07, 6.45) is 0. The molecule has 0 aromatic carbocycles. The number of nitrogens with one attached hydrogen (secondary N) is 3. The molecular weight excluding hydrogens is 90.5 g/mol. The Hall–Kier alpha value is 0.0348. The van der Waals surface area contributed by atoms with Crippen LogP contribution in [0.1, 0.15) is 0 Å². The highest BCUT2D eigenvalue weighted by Gasteiger charge is 2.14. The van der Waals surface area contributed by atoms with Crippen LogP contribution in [0.2, 0.25) is 0 Å². The first-order chi connectivity index (χ1) is 3.39. The molecule has 1 fully saturated rings. The number of hydrogen-bond donors (Lipinski definition) is 4. The Morgan fingerprint density at radius 1 is 1.29 bits per heavy atom. The van der Waals surface area contributed by atoms with Gasteiger partial charge < -0.3 is 20.4 Å². The van der Waals surface area contributed by atoms with Gasteiger partial charge in [-0.3, -0.25) is 0 Å². The largest absolute Gasteiger partial charge is 0.448 e. The van der Waals surface area contributed by atoms with Crippen LogP contribution in [0.15, 0.2) is 0 Å². The molecule has 0 aromatic heterocycles. The van der Waals surface area contributed by atoms with E-state index in [1.165, 1.54) is 0 Å². The summed E-state index contributed by atoms with van der Waals surface area (Å²) in [6.45, 7) is 0. The van der Waals surface area contributed by atoms with Gasteiger partial charge in [-0.25, -0.2) is 0 Å². The summed E-state index contributed by atoms with van der Waals surface area (Å²) in [4.78, 5) is 0. The van der Waals surface area contributed by atoms with Crippen LogP contribution in [-0.4, -0.2) is 27.3 Å². The summed E-state index contributed by atoms with van der Waals surface area (Å²) in [5.74, 6) is 0. The Morgan fingerprint density at radius 3 is 2.14 bits per heavy atom. The third-order valence-corrected chi connectivity index (χ3v) is 0.649. The van der Waals surface area contributed by atoms with Gasteiger partial charge >= 0.3 is 7.19 Å². The number of rotatable bonds is 0. The molecule has 1 heterocycles. The lowest BCUT2D eigenvalue weighted by atomic mass is 9.80. The molecule has 0 unspecified atom stereocenters. The summed E-state index contributed by atoms with van der Waals surface area (Å²) in [6, 6.07) is 0. The van der Waals surface area contributed by atoms with Crippen molar-refractivity contribution >= 4 is 22.3 Å². The van der Waals surface area contributed by atoms with Crippen molar-refractivity contribution in [3.05, 3.63) is 0 Å². The Morgan fingerprint density at radius 2 is 1.86 bits per heavy atom. The molecule has 4 nitrogen and oxygen atoms in total. The zero-order valence-electron chi connectivity index (χ0n) is 3.68. The van der Waals surface area contributed by atoms with Gasteiger partial charge in [0.1, 0.15) is 0 Å². The predicted molar refractivity (Wildman–Crippen MR) is 28.9 cm³/mol. The molecule has 0 amide bonds. The molecule has 0 spiro atoms. The molecule has 1 saturated heterocycles. The zero-order chi connectivity index (χ0) is 5.11. The summed E-state index contributed by atoms with van der Waals surface area (Å²) in [5, 5.41) is 16.4. The molecular formula is H4B3N3O. The molecule has 1 aliphatic heterocycles. The fraction of sp³-hybridized carbons (Fsp3) is 0. The van der Waals surface area contributed by atoms with Gasteiger partial charge in [0.2, 0.25) is 0 Å². The minimum atomic E-state index is -0.638. The Bertz CT molecular complexity index is 52.1. The summed E-state index contributed by atoms with van der Waals surface area (Å²) < 4.78 is 0. The molecule has 34 valence electrons. The van der Waals surface area contributed by atoms with Crippen LogP contribution >= 0.6 is 0 Å². The minimum absolute atomic E-state index is 0.638. The van der Waals surface area contributed by atoms with E-state index in [0.717, 1.165) is 0 Å². The van der Waals surface area contributed by atoms with Crippen LogP contribution in [0, 0.1) is 0 Å². The van der Waals surface area contributed by atoms with E-state index in [1.807, 2.05) is 0 Å². The normalized spacial score (nSPS) is 20.4. The second-order valence-electron chi connectivity index (χ2n) is 1.19. The van der Waals surface area contributed by atoms with Crippen LogP contribution in [-0.2, 0) is 0 Å². The lowest BCUT2D eigenvalue weighted by Crippen LogP contribution is -2.63. The van der Waals surface area contributed by atoms with E-state index >= 15 is 0 Å². The Balaban J connectivity index is 2.12. The maximum Gasteiger partial charge on any atom is 0.448 e. The molecule has 0 bridgehead atoms. The molecule has 0 atom stereocenters. The molecule has 1 aliphatic rings. The molecule has 0 saturated carbocycles. The van der Waals surface area contributed by atoms with Crippen molar-refractivity contribution in [3.63, 3.8) is 0 Å². The fourth-order valence-electron chi connectivity index (χ4n) is 0.344. The number of hydrogen-bond acceptors (Lipinski definition) is 4. The molecule has 1 rings (SSSR count). The van der Waals surface area contributed by atoms with E-state index in [0.29, 0.717) is 0 Å². The third-order valence-electron chi connectivity index (χ3n) is 0.649. The van der Waals surface area contributed by atoms with Crippen molar-refractivity contribution < 1.29 is 5.02 Å². The summed E-state index contributed by atoms with van der Waals surface area (Å²) >= 11 is 0. The summed E-state index contributed by atoms with van der Waals surface area (Å²) in [5.41, 5.74) is 0. The SMILES string of the molecule is OB1N[B]N[B]N1. The first-order valence-corrected chi connectivity index (χ1v) is 1.99. The zero-order valence-corrected chi connectivity index (χ0v) is 3.68. The molecule has 4 N–H and O–H groups in total. The second kappa shape index (κ2) is 2.37. The molecule has 0 aromatic rings.